The molecule has 0 amide bonds. The van der Waals surface area contributed by atoms with Crippen LogP contribution in [0.15, 0.2) is 24.3 Å². The summed E-state index contributed by atoms with van der Waals surface area (Å²) in [5.74, 6) is -1.32. The van der Waals surface area contributed by atoms with Crippen LogP contribution in [0.25, 0.3) is 0 Å². The van der Waals surface area contributed by atoms with Crippen molar-refractivity contribution in [1.29, 1.82) is 0 Å². The molecule has 76 valence electrons. The number of carbonyl (C=O) groups is 1. The van der Waals surface area contributed by atoms with Crippen LogP contribution in [0.5, 0.6) is 0 Å². The minimum Gasteiger partial charge on any atom is -0.467 e. The fraction of sp³-hybridized carbons (Fsp3) is 0.300. The van der Waals surface area contributed by atoms with Gasteiger partial charge in [0.1, 0.15) is 5.82 Å². The Hall–Kier alpha value is -1.42. The van der Waals surface area contributed by atoms with Crippen LogP contribution in [0, 0.1) is 5.82 Å². The van der Waals surface area contributed by atoms with Gasteiger partial charge in [0.05, 0.1) is 7.11 Å². The predicted octanol–water partition coefficient (Wildman–Crippen LogP) is 1.21. The van der Waals surface area contributed by atoms with Crippen molar-refractivity contribution in [3.05, 3.63) is 35.6 Å². The van der Waals surface area contributed by atoms with E-state index in [-0.39, 0.29) is 5.56 Å². The normalized spacial score (nSPS) is 14.6. The number of benzene rings is 1. The lowest BCUT2D eigenvalue weighted by molar-refractivity contribution is -0.161. The minimum absolute atomic E-state index is 0.171. The highest BCUT2D eigenvalue weighted by Crippen LogP contribution is 2.22. The highest BCUT2D eigenvalue weighted by atomic mass is 19.1. The van der Waals surface area contributed by atoms with E-state index >= 15 is 0 Å². The highest BCUT2D eigenvalue weighted by Gasteiger charge is 2.33. The van der Waals surface area contributed by atoms with Crippen LogP contribution in [-0.4, -0.2) is 18.2 Å². The monoisotopic (exact) mass is 198 g/mol. The van der Waals surface area contributed by atoms with Crippen LogP contribution in [0.2, 0.25) is 0 Å². The van der Waals surface area contributed by atoms with Crippen LogP contribution in [0.3, 0.4) is 0 Å². The zero-order valence-corrected chi connectivity index (χ0v) is 7.95. The molecule has 0 radical (unpaired) electrons. The van der Waals surface area contributed by atoms with E-state index < -0.39 is 17.4 Å². The number of ether oxygens (including phenoxy) is 1. The molecule has 0 aliphatic heterocycles. The van der Waals surface area contributed by atoms with Crippen LogP contribution < -0.4 is 0 Å². The van der Waals surface area contributed by atoms with Crippen molar-refractivity contribution in [3.63, 3.8) is 0 Å². The Bertz CT molecular complexity index is 347. The Balaban J connectivity index is 3.09. The van der Waals surface area contributed by atoms with Crippen LogP contribution >= 0.6 is 0 Å². The first-order chi connectivity index (χ1) is 6.48. The Morgan fingerprint density at radius 3 is 2.71 bits per heavy atom. The van der Waals surface area contributed by atoms with Crippen molar-refractivity contribution in [1.82, 2.24) is 0 Å². The number of carbonyl (C=O) groups excluding carboxylic acids is 1. The maximum Gasteiger partial charge on any atom is 0.342 e. The molecule has 0 aliphatic rings. The summed E-state index contributed by atoms with van der Waals surface area (Å²) in [4.78, 5) is 11.2. The van der Waals surface area contributed by atoms with Gasteiger partial charge in [0.2, 0.25) is 0 Å². The summed E-state index contributed by atoms with van der Waals surface area (Å²) in [5, 5.41) is 9.74. The molecule has 1 rings (SSSR count). The lowest BCUT2D eigenvalue weighted by Gasteiger charge is -2.20. The van der Waals surface area contributed by atoms with Gasteiger partial charge >= 0.3 is 5.97 Å². The number of halogens is 1. The molecule has 0 saturated carbocycles. The molecule has 0 bridgehead atoms. The number of hydrogen-bond donors (Lipinski definition) is 1. The standard InChI is InChI=1S/C10H11FO3/c1-10(13,9(12)14-2)7-4-3-5-8(11)6-7/h3-6,13H,1-2H3. The van der Waals surface area contributed by atoms with Crippen molar-refractivity contribution < 1.29 is 19.0 Å². The van der Waals surface area contributed by atoms with Crippen LogP contribution in [0.4, 0.5) is 4.39 Å². The topological polar surface area (TPSA) is 46.5 Å². The van der Waals surface area contributed by atoms with E-state index in [2.05, 4.69) is 4.74 Å². The van der Waals surface area contributed by atoms with Crippen molar-refractivity contribution in [2.24, 2.45) is 0 Å². The summed E-state index contributed by atoms with van der Waals surface area (Å²) in [7, 11) is 1.16. The molecule has 1 unspecified atom stereocenters. The molecular formula is C10H11FO3. The highest BCUT2D eigenvalue weighted by molar-refractivity contribution is 5.80. The SMILES string of the molecule is COC(=O)C(C)(O)c1cccc(F)c1. The van der Waals surface area contributed by atoms with Gasteiger partial charge in [-0.3, -0.25) is 0 Å². The zero-order chi connectivity index (χ0) is 10.8. The summed E-state index contributed by atoms with van der Waals surface area (Å²) in [6.07, 6.45) is 0. The summed E-state index contributed by atoms with van der Waals surface area (Å²) in [5.41, 5.74) is -1.64. The molecule has 3 nitrogen and oxygen atoms in total. The van der Waals surface area contributed by atoms with Gasteiger partial charge in [-0.05, 0) is 24.6 Å². The third-order valence-corrected chi connectivity index (χ3v) is 1.97. The first-order valence-corrected chi connectivity index (χ1v) is 4.05. The fourth-order valence-corrected chi connectivity index (χ4v) is 1.11. The zero-order valence-electron chi connectivity index (χ0n) is 7.95. The Morgan fingerprint density at radius 2 is 2.21 bits per heavy atom. The summed E-state index contributed by atoms with van der Waals surface area (Å²) < 4.78 is 17.2. The lowest BCUT2D eigenvalue weighted by Crippen LogP contribution is -2.33. The molecule has 1 atom stereocenters. The van der Waals surface area contributed by atoms with Gasteiger partial charge in [0.25, 0.3) is 0 Å². The number of hydrogen-bond acceptors (Lipinski definition) is 3. The van der Waals surface area contributed by atoms with E-state index in [4.69, 9.17) is 0 Å². The number of aliphatic hydroxyl groups is 1. The molecule has 14 heavy (non-hydrogen) atoms. The smallest absolute Gasteiger partial charge is 0.342 e. The van der Waals surface area contributed by atoms with Crippen LogP contribution in [-0.2, 0) is 15.1 Å². The number of methoxy groups -OCH3 is 1. The Labute approximate surface area is 81.1 Å². The van der Waals surface area contributed by atoms with Crippen LogP contribution in [0.1, 0.15) is 12.5 Å². The fourth-order valence-electron chi connectivity index (χ4n) is 1.11. The molecule has 1 aromatic carbocycles. The van der Waals surface area contributed by atoms with Gasteiger partial charge in [0, 0.05) is 0 Å². The van der Waals surface area contributed by atoms with Gasteiger partial charge in [-0.15, -0.1) is 0 Å². The average molecular weight is 198 g/mol. The minimum atomic E-state index is -1.81. The maximum absolute atomic E-state index is 12.8. The largest absolute Gasteiger partial charge is 0.467 e. The molecule has 0 heterocycles. The summed E-state index contributed by atoms with van der Waals surface area (Å²) in [6, 6.07) is 5.20. The third-order valence-electron chi connectivity index (χ3n) is 1.97. The van der Waals surface area contributed by atoms with Gasteiger partial charge < -0.3 is 9.84 Å². The van der Waals surface area contributed by atoms with E-state index in [9.17, 15) is 14.3 Å². The molecule has 0 fully saturated rings. The van der Waals surface area contributed by atoms with Gasteiger partial charge in [-0.2, -0.15) is 0 Å². The second kappa shape index (κ2) is 3.75. The summed E-state index contributed by atoms with van der Waals surface area (Å²) >= 11 is 0. The second-order valence-electron chi connectivity index (χ2n) is 3.07. The van der Waals surface area contributed by atoms with Gasteiger partial charge in [0.15, 0.2) is 5.60 Å². The first kappa shape index (κ1) is 10.7. The second-order valence-corrected chi connectivity index (χ2v) is 3.07. The molecule has 1 aromatic rings. The quantitative estimate of drug-likeness (QED) is 0.726. The van der Waals surface area contributed by atoms with Crippen molar-refractivity contribution >= 4 is 5.97 Å². The van der Waals surface area contributed by atoms with E-state index in [1.807, 2.05) is 0 Å². The molecule has 0 aliphatic carbocycles. The predicted molar refractivity (Wildman–Crippen MR) is 48.0 cm³/mol. The molecule has 0 spiro atoms. The van der Waals surface area contributed by atoms with Crippen molar-refractivity contribution in [2.45, 2.75) is 12.5 Å². The lowest BCUT2D eigenvalue weighted by atomic mass is 9.96. The van der Waals surface area contributed by atoms with Gasteiger partial charge in [-0.25, -0.2) is 9.18 Å². The molecule has 0 saturated heterocycles. The van der Waals surface area contributed by atoms with E-state index in [1.165, 1.54) is 25.1 Å². The maximum atomic E-state index is 12.8. The summed E-state index contributed by atoms with van der Waals surface area (Å²) in [6.45, 7) is 1.26. The Kier molecular flexibility index (Phi) is 2.86. The number of esters is 1. The molecular weight excluding hydrogens is 187 g/mol. The van der Waals surface area contributed by atoms with Gasteiger partial charge in [-0.1, -0.05) is 12.1 Å². The Morgan fingerprint density at radius 1 is 1.57 bits per heavy atom. The molecule has 1 N–H and O–H groups in total. The van der Waals surface area contributed by atoms with E-state index in [0.29, 0.717) is 0 Å². The van der Waals surface area contributed by atoms with E-state index in [0.717, 1.165) is 13.2 Å². The van der Waals surface area contributed by atoms with Crippen molar-refractivity contribution in [3.8, 4) is 0 Å². The third kappa shape index (κ3) is 1.90. The van der Waals surface area contributed by atoms with E-state index in [1.54, 1.807) is 0 Å². The molecule has 4 heteroatoms. The first-order valence-electron chi connectivity index (χ1n) is 4.05. The average Bonchev–Trinajstić information content (AvgIpc) is 2.16. The molecule has 0 aromatic heterocycles. The number of rotatable bonds is 2. The van der Waals surface area contributed by atoms with Crippen molar-refractivity contribution in [2.75, 3.05) is 7.11 Å².